The fourth-order valence-electron chi connectivity index (χ4n) is 3.28. The molecule has 0 unspecified atom stereocenters. The van der Waals surface area contributed by atoms with Gasteiger partial charge < -0.3 is 5.32 Å². The highest BCUT2D eigenvalue weighted by atomic mass is 14.9. The minimum absolute atomic E-state index is 0.523. The molecule has 1 aromatic rings. The van der Waals surface area contributed by atoms with Crippen molar-refractivity contribution in [1.82, 2.24) is 5.32 Å². The standard InChI is InChI=1S/C17H27N/c1-2-13-18-15-17(11-7-4-8-12-17)14-16-9-5-3-6-10-16/h3,5-6,9-10,18H,2,4,7-8,11-15H2,1H3. The molecular formula is C17H27N. The minimum atomic E-state index is 0.523. The van der Waals surface area contributed by atoms with E-state index in [1.165, 1.54) is 57.1 Å². The Morgan fingerprint density at radius 2 is 1.78 bits per heavy atom. The van der Waals surface area contributed by atoms with E-state index in [4.69, 9.17) is 0 Å². The van der Waals surface area contributed by atoms with Crippen LogP contribution in [-0.2, 0) is 6.42 Å². The van der Waals surface area contributed by atoms with Crippen LogP contribution in [0.2, 0.25) is 0 Å². The van der Waals surface area contributed by atoms with E-state index >= 15 is 0 Å². The highest BCUT2D eigenvalue weighted by Crippen LogP contribution is 2.38. The van der Waals surface area contributed by atoms with Gasteiger partial charge in [0.05, 0.1) is 0 Å². The van der Waals surface area contributed by atoms with E-state index in [1.54, 1.807) is 0 Å². The van der Waals surface area contributed by atoms with Gasteiger partial charge in [0.25, 0.3) is 0 Å². The van der Waals surface area contributed by atoms with Gasteiger partial charge in [-0.25, -0.2) is 0 Å². The lowest BCUT2D eigenvalue weighted by Crippen LogP contribution is -2.38. The first-order valence-corrected chi connectivity index (χ1v) is 7.59. The van der Waals surface area contributed by atoms with Crippen LogP contribution in [-0.4, -0.2) is 13.1 Å². The van der Waals surface area contributed by atoms with E-state index in [9.17, 15) is 0 Å². The van der Waals surface area contributed by atoms with Crippen LogP contribution in [0.25, 0.3) is 0 Å². The van der Waals surface area contributed by atoms with Gasteiger partial charge in [0.1, 0.15) is 0 Å². The van der Waals surface area contributed by atoms with Crippen LogP contribution in [0.5, 0.6) is 0 Å². The van der Waals surface area contributed by atoms with Crippen molar-refractivity contribution in [3.8, 4) is 0 Å². The molecule has 0 atom stereocenters. The third-order valence-corrected chi connectivity index (χ3v) is 4.26. The predicted molar refractivity (Wildman–Crippen MR) is 78.8 cm³/mol. The molecule has 0 radical (unpaired) electrons. The van der Waals surface area contributed by atoms with Crippen molar-refractivity contribution in [2.24, 2.45) is 5.41 Å². The fourth-order valence-corrected chi connectivity index (χ4v) is 3.28. The maximum atomic E-state index is 3.67. The number of rotatable bonds is 6. The highest BCUT2D eigenvalue weighted by Gasteiger charge is 2.31. The van der Waals surface area contributed by atoms with Crippen molar-refractivity contribution in [3.05, 3.63) is 35.9 Å². The zero-order valence-corrected chi connectivity index (χ0v) is 11.8. The number of benzene rings is 1. The summed E-state index contributed by atoms with van der Waals surface area (Å²) >= 11 is 0. The van der Waals surface area contributed by atoms with Gasteiger partial charge in [0.15, 0.2) is 0 Å². The third-order valence-electron chi connectivity index (χ3n) is 4.26. The molecule has 100 valence electrons. The zero-order chi connectivity index (χ0) is 12.7. The third kappa shape index (κ3) is 3.84. The summed E-state index contributed by atoms with van der Waals surface area (Å²) in [6, 6.07) is 11.0. The lowest BCUT2D eigenvalue weighted by Gasteiger charge is -2.38. The van der Waals surface area contributed by atoms with Crippen molar-refractivity contribution >= 4 is 0 Å². The Labute approximate surface area is 112 Å². The fraction of sp³-hybridized carbons (Fsp3) is 0.647. The summed E-state index contributed by atoms with van der Waals surface area (Å²) in [4.78, 5) is 0. The quantitative estimate of drug-likeness (QED) is 0.741. The smallest absolute Gasteiger partial charge is 0.00110 e. The Bertz CT molecular complexity index is 325. The molecule has 0 amide bonds. The van der Waals surface area contributed by atoms with Crippen molar-refractivity contribution in [3.63, 3.8) is 0 Å². The van der Waals surface area contributed by atoms with Gasteiger partial charge in [-0.15, -0.1) is 0 Å². The van der Waals surface area contributed by atoms with Crippen LogP contribution < -0.4 is 5.32 Å². The number of hydrogen-bond donors (Lipinski definition) is 1. The number of nitrogens with one attached hydrogen (secondary N) is 1. The predicted octanol–water partition coefficient (Wildman–Crippen LogP) is 4.18. The SMILES string of the molecule is CCCNCC1(Cc2ccccc2)CCCCC1. The molecule has 0 aromatic heterocycles. The van der Waals surface area contributed by atoms with Crippen LogP contribution in [0, 0.1) is 5.41 Å². The molecule has 1 nitrogen and oxygen atoms in total. The van der Waals surface area contributed by atoms with E-state index in [1.807, 2.05) is 0 Å². The second kappa shape index (κ2) is 6.94. The monoisotopic (exact) mass is 245 g/mol. The summed E-state index contributed by atoms with van der Waals surface area (Å²) in [5.74, 6) is 0. The average Bonchev–Trinajstić information content (AvgIpc) is 2.41. The maximum absolute atomic E-state index is 3.67. The average molecular weight is 245 g/mol. The topological polar surface area (TPSA) is 12.0 Å². The molecule has 1 saturated carbocycles. The second-order valence-corrected chi connectivity index (χ2v) is 5.90. The molecule has 0 heterocycles. The molecule has 0 bridgehead atoms. The van der Waals surface area contributed by atoms with Crippen LogP contribution >= 0.6 is 0 Å². The Morgan fingerprint density at radius 3 is 2.44 bits per heavy atom. The molecule has 0 aliphatic heterocycles. The summed E-state index contributed by atoms with van der Waals surface area (Å²) in [5, 5.41) is 3.67. The number of hydrogen-bond acceptors (Lipinski definition) is 1. The first-order chi connectivity index (χ1) is 8.85. The second-order valence-electron chi connectivity index (χ2n) is 5.90. The summed E-state index contributed by atoms with van der Waals surface area (Å²) < 4.78 is 0. The van der Waals surface area contributed by atoms with E-state index in [0.717, 1.165) is 6.54 Å². The molecule has 1 fully saturated rings. The molecule has 1 N–H and O–H groups in total. The molecule has 1 aliphatic rings. The largest absolute Gasteiger partial charge is 0.316 e. The van der Waals surface area contributed by atoms with Gasteiger partial charge in [-0.05, 0) is 43.2 Å². The van der Waals surface area contributed by atoms with Gasteiger partial charge in [-0.2, -0.15) is 0 Å². The summed E-state index contributed by atoms with van der Waals surface area (Å²) in [6.07, 6.45) is 9.56. The van der Waals surface area contributed by atoms with Crippen molar-refractivity contribution in [2.75, 3.05) is 13.1 Å². The Kier molecular flexibility index (Phi) is 5.25. The highest BCUT2D eigenvalue weighted by molar-refractivity contribution is 5.17. The Morgan fingerprint density at radius 1 is 1.06 bits per heavy atom. The Balaban J connectivity index is 1.99. The molecule has 0 saturated heterocycles. The van der Waals surface area contributed by atoms with E-state index in [0.29, 0.717) is 5.41 Å². The van der Waals surface area contributed by atoms with Crippen LogP contribution in [0.1, 0.15) is 51.0 Å². The van der Waals surface area contributed by atoms with Gasteiger partial charge in [-0.3, -0.25) is 0 Å². The van der Waals surface area contributed by atoms with Crippen LogP contribution in [0.4, 0.5) is 0 Å². The maximum Gasteiger partial charge on any atom is 0.00110 e. The first-order valence-electron chi connectivity index (χ1n) is 7.59. The lowest BCUT2D eigenvalue weighted by molar-refractivity contribution is 0.181. The van der Waals surface area contributed by atoms with Crippen molar-refractivity contribution < 1.29 is 0 Å². The van der Waals surface area contributed by atoms with E-state index < -0.39 is 0 Å². The summed E-state index contributed by atoms with van der Waals surface area (Å²) in [5.41, 5.74) is 2.03. The van der Waals surface area contributed by atoms with Crippen LogP contribution in [0.3, 0.4) is 0 Å². The van der Waals surface area contributed by atoms with Crippen molar-refractivity contribution in [2.45, 2.75) is 51.9 Å². The molecule has 1 aliphatic carbocycles. The molecule has 1 aromatic carbocycles. The molecule has 0 spiro atoms. The first kappa shape index (κ1) is 13.6. The van der Waals surface area contributed by atoms with Crippen LogP contribution in [0.15, 0.2) is 30.3 Å². The van der Waals surface area contributed by atoms with Gasteiger partial charge >= 0.3 is 0 Å². The van der Waals surface area contributed by atoms with Gasteiger partial charge in [-0.1, -0.05) is 56.5 Å². The molecular weight excluding hydrogens is 218 g/mol. The van der Waals surface area contributed by atoms with Gasteiger partial charge in [0, 0.05) is 6.54 Å². The van der Waals surface area contributed by atoms with Gasteiger partial charge in [0.2, 0.25) is 0 Å². The lowest BCUT2D eigenvalue weighted by atomic mass is 9.70. The molecule has 2 rings (SSSR count). The van der Waals surface area contributed by atoms with E-state index in [-0.39, 0.29) is 0 Å². The van der Waals surface area contributed by atoms with Crippen molar-refractivity contribution in [1.29, 1.82) is 0 Å². The summed E-state index contributed by atoms with van der Waals surface area (Å²) in [7, 11) is 0. The summed E-state index contributed by atoms with van der Waals surface area (Å²) in [6.45, 7) is 4.62. The molecule has 1 heteroatoms. The Hall–Kier alpha value is -0.820. The minimum Gasteiger partial charge on any atom is -0.316 e. The van der Waals surface area contributed by atoms with E-state index in [2.05, 4.69) is 42.6 Å². The molecule has 18 heavy (non-hydrogen) atoms. The zero-order valence-electron chi connectivity index (χ0n) is 11.8. The normalized spacial score (nSPS) is 18.7.